The molecule has 5 rings (SSSR count). The van der Waals surface area contributed by atoms with Gasteiger partial charge in [-0.15, -0.1) is 0 Å². The van der Waals surface area contributed by atoms with Gasteiger partial charge in [0.2, 0.25) is 0 Å². The maximum absolute atomic E-state index is 13.5. The second kappa shape index (κ2) is 10.5. The fourth-order valence-electron chi connectivity index (χ4n) is 4.63. The van der Waals surface area contributed by atoms with Gasteiger partial charge < -0.3 is 19.3 Å². The molecule has 0 unspecified atom stereocenters. The maximum Gasteiger partial charge on any atom is 0.350 e. The van der Waals surface area contributed by atoms with Crippen LogP contribution in [-0.2, 0) is 14.3 Å². The van der Waals surface area contributed by atoms with Crippen LogP contribution in [0.1, 0.15) is 64.8 Å². The second-order valence-electron chi connectivity index (χ2n) is 9.48. The fourth-order valence-corrected chi connectivity index (χ4v) is 5.61. The summed E-state index contributed by atoms with van der Waals surface area (Å²) in [5, 5.41) is 11.6. The number of carbonyl (C=O) groups is 3. The third kappa shape index (κ3) is 4.76. The van der Waals surface area contributed by atoms with Crippen molar-refractivity contribution in [3.8, 4) is 11.5 Å². The molecule has 0 radical (unpaired) electrons. The first-order valence-corrected chi connectivity index (χ1v) is 13.5. The number of benzene rings is 2. The Morgan fingerprint density at radius 3 is 2.49 bits per heavy atom. The summed E-state index contributed by atoms with van der Waals surface area (Å²) < 4.78 is 16.4. The molecule has 10 heteroatoms. The topological polar surface area (TPSA) is 115 Å². The van der Waals surface area contributed by atoms with E-state index in [1.807, 2.05) is 24.3 Å². The van der Waals surface area contributed by atoms with E-state index in [9.17, 15) is 19.5 Å². The van der Waals surface area contributed by atoms with Gasteiger partial charge in [-0.05, 0) is 49.1 Å². The summed E-state index contributed by atoms with van der Waals surface area (Å²) in [5.41, 5.74) is 2.31. The molecule has 0 saturated carbocycles. The minimum atomic E-state index is -0.972. The summed E-state index contributed by atoms with van der Waals surface area (Å²) in [6, 6.07) is 11.4. The molecule has 1 N–H and O–H groups in total. The Kier molecular flexibility index (Phi) is 7.14. The number of amides is 1. The Hall–Kier alpha value is -4.18. The molecular weight excluding hydrogens is 520 g/mol. The van der Waals surface area contributed by atoms with Crippen LogP contribution in [0.3, 0.4) is 0 Å². The number of fused-ring (bicyclic) bond motifs is 1. The zero-order valence-corrected chi connectivity index (χ0v) is 22.8. The molecule has 2 aromatic carbocycles. The molecule has 0 spiro atoms. The average Bonchev–Trinajstić information content (AvgIpc) is 3.44. The second-order valence-corrected chi connectivity index (χ2v) is 10.5. The number of aromatic nitrogens is 1. The molecule has 1 fully saturated rings. The van der Waals surface area contributed by atoms with Crippen LogP contribution < -0.4 is 14.4 Å². The van der Waals surface area contributed by atoms with Gasteiger partial charge in [-0.1, -0.05) is 49.4 Å². The van der Waals surface area contributed by atoms with Crippen LogP contribution >= 0.6 is 11.3 Å². The SMILES string of the molecule is CCOC(=O)c1sc(N2C(=O)C(=O)C(=C(O)c3ccc4c(c3)OCCO4)[C@H]2c2ccc(C(C)C)cc2)nc1C. The molecule has 2 aliphatic rings. The summed E-state index contributed by atoms with van der Waals surface area (Å²) in [7, 11) is 0. The van der Waals surface area contributed by atoms with Crippen molar-refractivity contribution < 1.29 is 33.7 Å². The molecule has 2 aliphatic heterocycles. The fraction of sp³-hybridized carbons (Fsp3) is 0.310. The van der Waals surface area contributed by atoms with E-state index in [0.717, 1.165) is 16.9 Å². The molecule has 0 bridgehead atoms. The minimum absolute atomic E-state index is 0.0838. The van der Waals surface area contributed by atoms with Crippen molar-refractivity contribution in [3.05, 3.63) is 75.3 Å². The van der Waals surface area contributed by atoms with Gasteiger partial charge in [-0.3, -0.25) is 14.5 Å². The van der Waals surface area contributed by atoms with E-state index in [0.29, 0.717) is 41.5 Å². The molecule has 1 saturated heterocycles. The van der Waals surface area contributed by atoms with Gasteiger partial charge in [-0.25, -0.2) is 9.78 Å². The zero-order valence-electron chi connectivity index (χ0n) is 22.0. The maximum atomic E-state index is 13.5. The van der Waals surface area contributed by atoms with Crippen molar-refractivity contribution in [2.45, 2.75) is 39.7 Å². The number of ketones is 1. The summed E-state index contributed by atoms with van der Waals surface area (Å²) in [6.45, 7) is 8.44. The Labute approximate surface area is 229 Å². The number of carbonyl (C=O) groups excluding carboxylic acids is 3. The molecule has 202 valence electrons. The predicted octanol–water partition coefficient (Wildman–Crippen LogP) is 5.15. The number of anilines is 1. The van der Waals surface area contributed by atoms with Crippen molar-refractivity contribution in [2.24, 2.45) is 0 Å². The van der Waals surface area contributed by atoms with Crippen LogP contribution in [0, 0.1) is 6.92 Å². The largest absolute Gasteiger partial charge is 0.507 e. The smallest absolute Gasteiger partial charge is 0.350 e. The quantitative estimate of drug-likeness (QED) is 0.195. The summed E-state index contributed by atoms with van der Waals surface area (Å²) in [6.07, 6.45) is 0. The van der Waals surface area contributed by atoms with E-state index in [2.05, 4.69) is 18.8 Å². The standard InChI is InChI=1S/C29H28N2O7S/c1-5-36-28(35)26-16(4)30-29(39-26)31-23(18-8-6-17(7-9-18)15(2)3)22(25(33)27(31)34)24(32)19-10-11-20-21(14-19)38-13-12-37-20/h6-11,14-15,23,32H,5,12-13H2,1-4H3/t23-/m1/s1. The van der Waals surface area contributed by atoms with Gasteiger partial charge in [0, 0.05) is 5.56 Å². The van der Waals surface area contributed by atoms with Crippen LogP contribution in [0.4, 0.5) is 5.13 Å². The number of Topliss-reactive ketones (excluding diaryl/α,β-unsaturated/α-hetero) is 1. The third-order valence-electron chi connectivity index (χ3n) is 6.63. The van der Waals surface area contributed by atoms with E-state index in [-0.39, 0.29) is 33.9 Å². The van der Waals surface area contributed by atoms with Crippen molar-refractivity contribution in [3.63, 3.8) is 0 Å². The van der Waals surface area contributed by atoms with Gasteiger partial charge in [-0.2, -0.15) is 0 Å². The summed E-state index contributed by atoms with van der Waals surface area (Å²) in [4.78, 5) is 45.4. The average molecular weight is 549 g/mol. The highest BCUT2D eigenvalue weighted by molar-refractivity contribution is 7.17. The van der Waals surface area contributed by atoms with Crippen molar-refractivity contribution in [2.75, 3.05) is 24.7 Å². The molecule has 3 aromatic rings. The monoisotopic (exact) mass is 548 g/mol. The number of aliphatic hydroxyl groups excluding tert-OH is 1. The zero-order chi connectivity index (χ0) is 27.8. The van der Waals surface area contributed by atoms with Gasteiger partial charge in [0.15, 0.2) is 16.6 Å². The Balaban J connectivity index is 1.66. The number of nitrogens with zero attached hydrogens (tertiary/aromatic N) is 2. The minimum Gasteiger partial charge on any atom is -0.507 e. The number of aliphatic hydroxyl groups is 1. The lowest BCUT2D eigenvalue weighted by atomic mass is 9.93. The highest BCUT2D eigenvalue weighted by Crippen LogP contribution is 2.45. The van der Waals surface area contributed by atoms with E-state index in [1.165, 1.54) is 4.90 Å². The first-order valence-electron chi connectivity index (χ1n) is 12.7. The number of thiazole rings is 1. The van der Waals surface area contributed by atoms with Crippen LogP contribution in [0.5, 0.6) is 11.5 Å². The van der Waals surface area contributed by atoms with Crippen molar-refractivity contribution >= 4 is 39.9 Å². The Morgan fingerprint density at radius 1 is 1.13 bits per heavy atom. The van der Waals surface area contributed by atoms with Gasteiger partial charge in [0.05, 0.1) is 23.9 Å². The van der Waals surface area contributed by atoms with Crippen LogP contribution in [0.2, 0.25) is 0 Å². The molecule has 1 amide bonds. The van der Waals surface area contributed by atoms with Crippen LogP contribution in [-0.4, -0.2) is 47.6 Å². The van der Waals surface area contributed by atoms with E-state index >= 15 is 0 Å². The van der Waals surface area contributed by atoms with Crippen molar-refractivity contribution in [1.29, 1.82) is 0 Å². The summed E-state index contributed by atoms with van der Waals surface area (Å²) >= 11 is 0.972. The summed E-state index contributed by atoms with van der Waals surface area (Å²) in [5.74, 6) is -1.36. The van der Waals surface area contributed by atoms with E-state index in [4.69, 9.17) is 14.2 Å². The van der Waals surface area contributed by atoms with E-state index in [1.54, 1.807) is 32.0 Å². The number of rotatable bonds is 6. The van der Waals surface area contributed by atoms with Gasteiger partial charge >= 0.3 is 11.9 Å². The Morgan fingerprint density at radius 2 is 1.82 bits per heavy atom. The lowest BCUT2D eigenvalue weighted by Gasteiger charge is -2.24. The normalized spacial score (nSPS) is 18.1. The first-order chi connectivity index (χ1) is 18.7. The molecule has 9 nitrogen and oxygen atoms in total. The van der Waals surface area contributed by atoms with E-state index < -0.39 is 23.7 Å². The lowest BCUT2D eigenvalue weighted by Crippen LogP contribution is -2.29. The molecule has 1 aromatic heterocycles. The first kappa shape index (κ1) is 26.4. The van der Waals surface area contributed by atoms with Crippen molar-refractivity contribution in [1.82, 2.24) is 4.98 Å². The number of aryl methyl sites for hydroxylation is 1. The van der Waals surface area contributed by atoms with Gasteiger partial charge in [0.1, 0.15) is 23.9 Å². The third-order valence-corrected chi connectivity index (χ3v) is 7.77. The highest BCUT2D eigenvalue weighted by Gasteiger charge is 2.48. The molecule has 1 atom stereocenters. The highest BCUT2D eigenvalue weighted by atomic mass is 32.1. The predicted molar refractivity (Wildman–Crippen MR) is 146 cm³/mol. The molecule has 39 heavy (non-hydrogen) atoms. The molecule has 0 aliphatic carbocycles. The lowest BCUT2D eigenvalue weighted by molar-refractivity contribution is -0.132. The van der Waals surface area contributed by atoms with Crippen LogP contribution in [0.15, 0.2) is 48.0 Å². The molecular formula is C29H28N2O7S. The molecule has 3 heterocycles. The number of hydrogen-bond acceptors (Lipinski definition) is 9. The number of ether oxygens (including phenoxy) is 3. The number of hydrogen-bond donors (Lipinski definition) is 1. The van der Waals surface area contributed by atoms with Gasteiger partial charge in [0.25, 0.3) is 5.78 Å². The Bertz CT molecular complexity index is 1490. The number of esters is 1. The van der Waals surface area contributed by atoms with Crippen LogP contribution in [0.25, 0.3) is 5.76 Å².